The lowest BCUT2D eigenvalue weighted by molar-refractivity contribution is -0.183. The van der Waals surface area contributed by atoms with Gasteiger partial charge in [-0.15, -0.1) is 0 Å². The Hall–Kier alpha value is -2.65. The Morgan fingerprint density at radius 2 is 1.79 bits per heavy atom. The van der Waals surface area contributed by atoms with Crippen LogP contribution in [0.4, 0.5) is 23.8 Å². The Kier molecular flexibility index (Phi) is 7.95. The summed E-state index contributed by atoms with van der Waals surface area (Å²) in [5, 5.41) is 2.31. The number of carbonyl (C=O) groups is 3. The maximum absolute atomic E-state index is 13.2. The number of ether oxygens (including phenoxy) is 2. The molecule has 0 aliphatic rings. The van der Waals surface area contributed by atoms with Gasteiger partial charge in [-0.05, 0) is 39.8 Å². The van der Waals surface area contributed by atoms with Crippen molar-refractivity contribution in [1.29, 1.82) is 0 Å². The van der Waals surface area contributed by atoms with Crippen molar-refractivity contribution in [2.75, 3.05) is 11.9 Å². The van der Waals surface area contributed by atoms with Gasteiger partial charge in [0.15, 0.2) is 5.78 Å². The summed E-state index contributed by atoms with van der Waals surface area (Å²) in [6.07, 6.45) is -7.50. The molecule has 0 saturated heterocycles. The fourth-order valence-electron chi connectivity index (χ4n) is 2.12. The van der Waals surface area contributed by atoms with Crippen molar-refractivity contribution in [2.24, 2.45) is 5.92 Å². The first-order valence-corrected chi connectivity index (χ1v) is 8.54. The standard InChI is InChI=1S/C18H23F3N2O5/c1-5-27-15(25)10-11(18(19,20)21)9-13(24)12-7-6-8-14(22-12)23-16(26)28-17(2,3)4/h6-8,11H,5,9-10H2,1-4H3,(H,22,23,26). The van der Waals surface area contributed by atoms with Gasteiger partial charge in [0.2, 0.25) is 0 Å². The Labute approximate surface area is 160 Å². The number of nitrogens with one attached hydrogen (secondary N) is 1. The van der Waals surface area contributed by atoms with Gasteiger partial charge in [0, 0.05) is 6.42 Å². The number of nitrogens with zero attached hydrogens (tertiary/aromatic N) is 1. The summed E-state index contributed by atoms with van der Waals surface area (Å²) in [5.41, 5.74) is -1.03. The number of alkyl halides is 3. The number of Topliss-reactive ketones (excluding diaryl/α,β-unsaturated/α-hetero) is 1. The van der Waals surface area contributed by atoms with Crippen LogP contribution in [0.2, 0.25) is 0 Å². The van der Waals surface area contributed by atoms with Gasteiger partial charge in [-0.25, -0.2) is 9.78 Å². The second kappa shape index (κ2) is 9.52. The number of amides is 1. The second-order valence-electron chi connectivity index (χ2n) is 6.91. The minimum atomic E-state index is -4.76. The number of halogens is 3. The molecule has 1 heterocycles. The fourth-order valence-corrected chi connectivity index (χ4v) is 2.12. The highest BCUT2D eigenvalue weighted by molar-refractivity contribution is 5.95. The molecule has 7 nitrogen and oxygen atoms in total. The van der Waals surface area contributed by atoms with E-state index in [-0.39, 0.29) is 18.1 Å². The van der Waals surface area contributed by atoms with E-state index >= 15 is 0 Å². The zero-order valence-corrected chi connectivity index (χ0v) is 16.1. The van der Waals surface area contributed by atoms with Crippen LogP contribution in [0.15, 0.2) is 18.2 Å². The summed E-state index contributed by atoms with van der Waals surface area (Å²) < 4.78 is 49.0. The molecule has 1 unspecified atom stereocenters. The van der Waals surface area contributed by atoms with Gasteiger partial charge in [0.1, 0.15) is 17.1 Å². The minimum absolute atomic E-state index is 0.0472. The molecule has 1 rings (SSSR count). The highest BCUT2D eigenvalue weighted by atomic mass is 19.4. The molecule has 0 fully saturated rings. The minimum Gasteiger partial charge on any atom is -0.466 e. The zero-order valence-electron chi connectivity index (χ0n) is 16.1. The number of pyridine rings is 1. The molecule has 0 aromatic carbocycles. The monoisotopic (exact) mass is 404 g/mol. The third-order valence-corrected chi connectivity index (χ3v) is 3.28. The quantitative estimate of drug-likeness (QED) is 0.542. The number of hydrogen-bond acceptors (Lipinski definition) is 6. The van der Waals surface area contributed by atoms with Crippen molar-refractivity contribution in [3.63, 3.8) is 0 Å². The van der Waals surface area contributed by atoms with Crippen molar-refractivity contribution >= 4 is 23.7 Å². The average Bonchev–Trinajstić information content (AvgIpc) is 2.51. The first kappa shape index (κ1) is 23.4. The Morgan fingerprint density at radius 1 is 1.14 bits per heavy atom. The van der Waals surface area contributed by atoms with Crippen molar-refractivity contribution < 1.29 is 37.0 Å². The molecule has 1 atom stereocenters. The predicted molar refractivity (Wildman–Crippen MR) is 93.8 cm³/mol. The molecule has 0 aliphatic heterocycles. The summed E-state index contributed by atoms with van der Waals surface area (Å²) in [6, 6.07) is 3.95. The van der Waals surface area contributed by atoms with Crippen LogP contribution >= 0.6 is 0 Å². The van der Waals surface area contributed by atoms with Crippen LogP contribution < -0.4 is 5.32 Å². The Bertz CT molecular complexity index is 714. The number of aromatic nitrogens is 1. The van der Waals surface area contributed by atoms with Crippen molar-refractivity contribution in [3.8, 4) is 0 Å². The third kappa shape index (κ3) is 8.36. The molecule has 28 heavy (non-hydrogen) atoms. The molecule has 0 saturated carbocycles. The molecule has 1 N–H and O–H groups in total. The normalized spacial score (nSPS) is 12.8. The van der Waals surface area contributed by atoms with Gasteiger partial charge >= 0.3 is 18.2 Å². The van der Waals surface area contributed by atoms with E-state index in [1.807, 2.05) is 0 Å². The molecule has 0 aliphatic carbocycles. The maximum Gasteiger partial charge on any atom is 0.413 e. The van der Waals surface area contributed by atoms with Crippen LogP contribution in [0.5, 0.6) is 0 Å². The summed E-state index contributed by atoms with van der Waals surface area (Å²) in [5.74, 6) is -4.19. The van der Waals surface area contributed by atoms with Gasteiger partial charge in [0.05, 0.1) is 18.9 Å². The SMILES string of the molecule is CCOC(=O)CC(CC(=O)c1cccc(NC(=O)OC(C)(C)C)n1)C(F)(F)F. The highest BCUT2D eigenvalue weighted by Crippen LogP contribution is 2.32. The third-order valence-electron chi connectivity index (χ3n) is 3.28. The van der Waals surface area contributed by atoms with E-state index in [2.05, 4.69) is 15.0 Å². The summed E-state index contributed by atoms with van der Waals surface area (Å²) >= 11 is 0. The molecule has 10 heteroatoms. The summed E-state index contributed by atoms with van der Waals surface area (Å²) in [6.45, 7) is 6.37. The lowest BCUT2D eigenvalue weighted by Crippen LogP contribution is -2.29. The number of hydrogen-bond donors (Lipinski definition) is 1. The molecule has 1 aromatic heterocycles. The number of esters is 1. The van der Waals surface area contributed by atoms with Crippen molar-refractivity contribution in [3.05, 3.63) is 23.9 Å². The van der Waals surface area contributed by atoms with Crippen LogP contribution in [0.1, 0.15) is 51.0 Å². The van der Waals surface area contributed by atoms with E-state index < -0.39 is 48.4 Å². The average molecular weight is 404 g/mol. The van der Waals surface area contributed by atoms with Gasteiger partial charge in [-0.3, -0.25) is 14.9 Å². The van der Waals surface area contributed by atoms with Crippen molar-refractivity contribution in [1.82, 2.24) is 4.98 Å². The van der Waals surface area contributed by atoms with E-state index in [1.165, 1.54) is 25.1 Å². The van der Waals surface area contributed by atoms with Crippen LogP contribution in [-0.2, 0) is 14.3 Å². The lowest BCUT2D eigenvalue weighted by atomic mass is 9.96. The molecular weight excluding hydrogens is 381 g/mol. The molecule has 0 radical (unpaired) electrons. The van der Waals surface area contributed by atoms with Gasteiger partial charge in [0.25, 0.3) is 0 Å². The van der Waals surface area contributed by atoms with Gasteiger partial charge < -0.3 is 9.47 Å². The Morgan fingerprint density at radius 3 is 2.32 bits per heavy atom. The lowest BCUT2D eigenvalue weighted by Gasteiger charge is -2.20. The largest absolute Gasteiger partial charge is 0.466 e. The zero-order chi connectivity index (χ0) is 21.5. The van der Waals surface area contributed by atoms with Gasteiger partial charge in [-0.1, -0.05) is 6.07 Å². The second-order valence-corrected chi connectivity index (χ2v) is 6.91. The van der Waals surface area contributed by atoms with Crippen LogP contribution in [0.25, 0.3) is 0 Å². The number of carbonyl (C=O) groups excluding carboxylic acids is 3. The first-order chi connectivity index (χ1) is 12.8. The molecule has 1 amide bonds. The summed E-state index contributed by atoms with van der Waals surface area (Å²) in [4.78, 5) is 39.2. The van der Waals surface area contributed by atoms with E-state index in [1.54, 1.807) is 20.8 Å². The number of rotatable bonds is 7. The topological polar surface area (TPSA) is 94.6 Å². The predicted octanol–water partition coefficient (Wildman–Crippen LogP) is 4.13. The van der Waals surface area contributed by atoms with Crippen LogP contribution in [0.3, 0.4) is 0 Å². The molecule has 156 valence electrons. The van der Waals surface area contributed by atoms with E-state index in [4.69, 9.17) is 4.74 Å². The van der Waals surface area contributed by atoms with E-state index in [0.717, 1.165) is 0 Å². The number of anilines is 1. The fraction of sp³-hybridized carbons (Fsp3) is 0.556. The van der Waals surface area contributed by atoms with E-state index in [9.17, 15) is 27.6 Å². The highest BCUT2D eigenvalue weighted by Gasteiger charge is 2.42. The van der Waals surface area contributed by atoms with E-state index in [0.29, 0.717) is 0 Å². The van der Waals surface area contributed by atoms with Gasteiger partial charge in [-0.2, -0.15) is 13.2 Å². The Balaban J connectivity index is 2.87. The van der Waals surface area contributed by atoms with Crippen LogP contribution in [0, 0.1) is 5.92 Å². The smallest absolute Gasteiger partial charge is 0.413 e. The molecule has 0 bridgehead atoms. The molecule has 0 spiro atoms. The van der Waals surface area contributed by atoms with Crippen molar-refractivity contribution in [2.45, 2.75) is 52.3 Å². The molecular formula is C18H23F3N2O5. The van der Waals surface area contributed by atoms with Crippen LogP contribution in [-0.4, -0.2) is 41.2 Å². The maximum atomic E-state index is 13.2. The first-order valence-electron chi connectivity index (χ1n) is 8.54. The summed E-state index contributed by atoms with van der Waals surface area (Å²) in [7, 11) is 0. The number of ketones is 1. The molecule has 1 aromatic rings.